The van der Waals surface area contributed by atoms with E-state index in [1.54, 1.807) is 0 Å². The van der Waals surface area contributed by atoms with Gasteiger partial charge in [-0.1, -0.05) is 51.1 Å². The van der Waals surface area contributed by atoms with Crippen LogP contribution in [0.3, 0.4) is 0 Å². The number of hydrogen-bond acceptors (Lipinski definition) is 2. The molecule has 1 aliphatic rings. The van der Waals surface area contributed by atoms with Gasteiger partial charge in [-0.3, -0.25) is 0 Å². The number of benzene rings is 1. The molecular weight excluding hydrogens is 258 g/mol. The molecule has 0 spiro atoms. The van der Waals surface area contributed by atoms with Crippen molar-refractivity contribution in [2.24, 2.45) is 22.5 Å². The Hall–Kier alpha value is -0.860. The molecule has 0 aliphatic heterocycles. The van der Waals surface area contributed by atoms with Gasteiger partial charge in [-0.05, 0) is 42.6 Å². The molecule has 0 saturated heterocycles. The zero-order valence-corrected chi connectivity index (χ0v) is 13.9. The van der Waals surface area contributed by atoms with Crippen molar-refractivity contribution in [3.63, 3.8) is 0 Å². The van der Waals surface area contributed by atoms with Gasteiger partial charge in [0, 0.05) is 12.0 Å². The van der Waals surface area contributed by atoms with Crippen LogP contribution in [0.2, 0.25) is 0 Å². The van der Waals surface area contributed by atoms with E-state index in [1.165, 1.54) is 31.2 Å². The molecule has 1 aliphatic carbocycles. The second-order valence-electron chi connectivity index (χ2n) is 7.82. The van der Waals surface area contributed by atoms with Crippen molar-refractivity contribution in [3.05, 3.63) is 35.9 Å². The molecule has 0 aromatic heterocycles. The summed E-state index contributed by atoms with van der Waals surface area (Å²) >= 11 is 0. The fourth-order valence-corrected chi connectivity index (χ4v) is 3.46. The molecule has 118 valence electrons. The monoisotopic (exact) mass is 289 g/mol. The minimum Gasteiger partial charge on any atom is -0.376 e. The molecule has 1 fully saturated rings. The Morgan fingerprint density at radius 2 is 1.76 bits per heavy atom. The average molecular weight is 289 g/mol. The van der Waals surface area contributed by atoms with Crippen LogP contribution in [-0.4, -0.2) is 13.2 Å². The highest BCUT2D eigenvalue weighted by molar-refractivity contribution is 5.13. The van der Waals surface area contributed by atoms with Gasteiger partial charge in [-0.25, -0.2) is 0 Å². The number of nitrogens with two attached hydrogens (primary N) is 1. The lowest BCUT2D eigenvalue weighted by Gasteiger charge is -2.43. The van der Waals surface area contributed by atoms with E-state index in [0.29, 0.717) is 12.0 Å². The third-order valence-corrected chi connectivity index (χ3v) is 5.22. The van der Waals surface area contributed by atoms with E-state index in [-0.39, 0.29) is 5.41 Å². The van der Waals surface area contributed by atoms with Crippen molar-refractivity contribution in [1.29, 1.82) is 0 Å². The van der Waals surface area contributed by atoms with Crippen LogP contribution >= 0.6 is 0 Å². The van der Waals surface area contributed by atoms with Gasteiger partial charge in [-0.2, -0.15) is 0 Å². The molecular formula is C19H31NO. The van der Waals surface area contributed by atoms with Gasteiger partial charge in [0.15, 0.2) is 0 Å². The topological polar surface area (TPSA) is 35.2 Å². The first-order chi connectivity index (χ1) is 9.95. The van der Waals surface area contributed by atoms with E-state index in [0.717, 1.165) is 19.1 Å². The smallest absolute Gasteiger partial charge is 0.0717 e. The van der Waals surface area contributed by atoms with Crippen LogP contribution in [-0.2, 0) is 11.3 Å². The lowest BCUT2D eigenvalue weighted by atomic mass is 9.64. The molecule has 2 rings (SSSR count). The highest BCUT2D eigenvalue weighted by Gasteiger charge is 2.38. The molecule has 0 heterocycles. The summed E-state index contributed by atoms with van der Waals surface area (Å²) in [5, 5.41) is 0. The highest BCUT2D eigenvalue weighted by atomic mass is 16.5. The maximum atomic E-state index is 6.09. The average Bonchev–Trinajstić information content (AvgIpc) is 2.48. The predicted octanol–water partition coefficient (Wildman–Crippen LogP) is 4.38. The molecule has 2 nitrogen and oxygen atoms in total. The van der Waals surface area contributed by atoms with Crippen molar-refractivity contribution >= 4 is 0 Å². The molecule has 0 bridgehead atoms. The summed E-state index contributed by atoms with van der Waals surface area (Å²) in [7, 11) is 0. The zero-order chi connectivity index (χ0) is 15.3. The van der Waals surface area contributed by atoms with E-state index < -0.39 is 0 Å². The molecule has 0 amide bonds. The maximum Gasteiger partial charge on any atom is 0.0717 e. The minimum absolute atomic E-state index is 0.205. The molecule has 21 heavy (non-hydrogen) atoms. The summed E-state index contributed by atoms with van der Waals surface area (Å²) in [6.45, 7) is 9.33. The molecule has 1 aromatic carbocycles. The summed E-state index contributed by atoms with van der Waals surface area (Å²) in [5.41, 5.74) is 7.96. The third-order valence-electron chi connectivity index (χ3n) is 5.22. The Labute approximate surface area is 130 Å². The first kappa shape index (κ1) is 16.5. The Morgan fingerprint density at radius 1 is 1.14 bits per heavy atom. The van der Waals surface area contributed by atoms with Crippen LogP contribution in [0.5, 0.6) is 0 Å². The van der Waals surface area contributed by atoms with Crippen molar-refractivity contribution in [3.8, 4) is 0 Å². The second kappa shape index (κ2) is 6.93. The lowest BCUT2D eigenvalue weighted by Crippen LogP contribution is -2.41. The van der Waals surface area contributed by atoms with Crippen LogP contribution in [0, 0.1) is 16.7 Å². The molecule has 2 heteroatoms. The molecule has 2 N–H and O–H groups in total. The van der Waals surface area contributed by atoms with Crippen LogP contribution in [0.4, 0.5) is 0 Å². The van der Waals surface area contributed by atoms with Gasteiger partial charge in [0.2, 0.25) is 0 Å². The lowest BCUT2D eigenvalue weighted by molar-refractivity contribution is -0.00503. The standard InChI is InChI=1S/C19H31NO/c1-18(2,3)17-9-11-19(14-20,12-10-17)15-21-13-16-7-5-4-6-8-16/h4-8,17H,9-15,20H2,1-3H3. The van der Waals surface area contributed by atoms with Crippen molar-refractivity contribution < 1.29 is 4.74 Å². The predicted molar refractivity (Wildman–Crippen MR) is 89.0 cm³/mol. The van der Waals surface area contributed by atoms with Crippen LogP contribution in [0.25, 0.3) is 0 Å². The van der Waals surface area contributed by atoms with Crippen LogP contribution in [0.15, 0.2) is 30.3 Å². The summed E-state index contributed by atoms with van der Waals surface area (Å²) in [4.78, 5) is 0. The number of hydrogen-bond donors (Lipinski definition) is 1. The zero-order valence-electron chi connectivity index (χ0n) is 13.9. The Kier molecular flexibility index (Phi) is 5.45. The largest absolute Gasteiger partial charge is 0.376 e. The van der Waals surface area contributed by atoms with Crippen molar-refractivity contribution in [2.45, 2.75) is 53.1 Å². The summed E-state index contributed by atoms with van der Waals surface area (Å²) in [6, 6.07) is 10.4. The Balaban J connectivity index is 1.83. The first-order valence-corrected chi connectivity index (χ1v) is 8.27. The number of rotatable bonds is 5. The van der Waals surface area contributed by atoms with Crippen molar-refractivity contribution in [2.75, 3.05) is 13.2 Å². The minimum atomic E-state index is 0.205. The van der Waals surface area contributed by atoms with E-state index in [4.69, 9.17) is 10.5 Å². The van der Waals surface area contributed by atoms with Crippen LogP contribution < -0.4 is 5.73 Å². The van der Waals surface area contributed by atoms with Gasteiger partial charge in [0.05, 0.1) is 13.2 Å². The number of ether oxygens (including phenoxy) is 1. The summed E-state index contributed by atoms with van der Waals surface area (Å²) in [6.07, 6.45) is 4.99. The molecule has 0 radical (unpaired) electrons. The normalized spacial score (nSPS) is 26.8. The van der Waals surface area contributed by atoms with E-state index >= 15 is 0 Å². The fourth-order valence-electron chi connectivity index (χ4n) is 3.46. The molecule has 1 saturated carbocycles. The van der Waals surface area contributed by atoms with Crippen molar-refractivity contribution in [1.82, 2.24) is 0 Å². The molecule has 0 unspecified atom stereocenters. The van der Waals surface area contributed by atoms with Gasteiger partial charge >= 0.3 is 0 Å². The van der Waals surface area contributed by atoms with Gasteiger partial charge in [0.25, 0.3) is 0 Å². The Morgan fingerprint density at radius 3 is 2.29 bits per heavy atom. The molecule has 1 aromatic rings. The van der Waals surface area contributed by atoms with Gasteiger partial charge in [-0.15, -0.1) is 0 Å². The van der Waals surface area contributed by atoms with Crippen LogP contribution in [0.1, 0.15) is 52.0 Å². The maximum absolute atomic E-state index is 6.09. The van der Waals surface area contributed by atoms with Gasteiger partial charge < -0.3 is 10.5 Å². The second-order valence-corrected chi connectivity index (χ2v) is 7.82. The fraction of sp³-hybridized carbons (Fsp3) is 0.684. The van der Waals surface area contributed by atoms with E-state index in [1.807, 2.05) is 6.07 Å². The molecule has 0 atom stereocenters. The highest BCUT2D eigenvalue weighted by Crippen LogP contribution is 2.45. The van der Waals surface area contributed by atoms with Gasteiger partial charge in [0.1, 0.15) is 0 Å². The van der Waals surface area contributed by atoms with E-state index in [2.05, 4.69) is 45.0 Å². The Bertz CT molecular complexity index is 413. The summed E-state index contributed by atoms with van der Waals surface area (Å²) in [5.74, 6) is 0.825. The SMILES string of the molecule is CC(C)(C)C1CCC(CN)(COCc2ccccc2)CC1. The summed E-state index contributed by atoms with van der Waals surface area (Å²) < 4.78 is 5.99. The quantitative estimate of drug-likeness (QED) is 0.872. The first-order valence-electron chi connectivity index (χ1n) is 8.27. The van der Waals surface area contributed by atoms with E-state index in [9.17, 15) is 0 Å². The third kappa shape index (κ3) is 4.55.